The van der Waals surface area contributed by atoms with E-state index in [0.29, 0.717) is 6.61 Å². The van der Waals surface area contributed by atoms with Crippen LogP contribution < -0.4 is 0 Å². The van der Waals surface area contributed by atoms with Crippen LogP contribution in [0.5, 0.6) is 0 Å². The Morgan fingerprint density at radius 3 is 1.52 bits per heavy atom. The van der Waals surface area contributed by atoms with Crippen molar-refractivity contribution in [3.63, 3.8) is 0 Å². The second kappa shape index (κ2) is 28.2. The van der Waals surface area contributed by atoms with Crippen molar-refractivity contribution in [1.29, 1.82) is 0 Å². The Labute approximate surface area is 159 Å². The van der Waals surface area contributed by atoms with E-state index >= 15 is 0 Å². The summed E-state index contributed by atoms with van der Waals surface area (Å²) in [5.74, 6) is 0. The normalized spacial score (nSPS) is 11.2. The summed E-state index contributed by atoms with van der Waals surface area (Å²) in [5, 5.41) is 0. The maximum atomic E-state index is 4.57. The summed E-state index contributed by atoms with van der Waals surface area (Å²) >= 11 is 0. The average molecular weight is 355 g/mol. The summed E-state index contributed by atoms with van der Waals surface area (Å²) in [7, 11) is 1.52. The second-order valence-corrected chi connectivity index (χ2v) is 6.53. The van der Waals surface area contributed by atoms with Gasteiger partial charge in [0.15, 0.2) is 0 Å². The van der Waals surface area contributed by atoms with Crippen molar-refractivity contribution in [2.45, 2.75) is 111 Å². The van der Waals surface area contributed by atoms with Gasteiger partial charge in [0.1, 0.15) is 0 Å². The Balaban J connectivity index is 0. The lowest BCUT2D eigenvalue weighted by Crippen LogP contribution is -1.90. The molecule has 0 heterocycles. The van der Waals surface area contributed by atoms with Crippen LogP contribution in [0.4, 0.5) is 0 Å². The van der Waals surface area contributed by atoms with Crippen LogP contribution in [0.3, 0.4) is 0 Å². The van der Waals surface area contributed by atoms with Gasteiger partial charge in [-0.25, -0.2) is 9.78 Å². The standard InChI is InChI=1S/C18H34.C5H12O2/c1-3-5-7-9-11-13-15-17-18-16-14-12-10-8-6-4-2;1-3-4-5-7-6-2/h5,7,10,12H,3-4,6,8-9,11,13-18H2,1-2H3;3-5H2,1-2H3/b7-5+,12-10+;. The van der Waals surface area contributed by atoms with E-state index in [1.54, 1.807) is 0 Å². The molecule has 2 nitrogen and oxygen atoms in total. The van der Waals surface area contributed by atoms with Gasteiger partial charge in [0, 0.05) is 0 Å². The lowest BCUT2D eigenvalue weighted by molar-refractivity contribution is -0.272. The molecule has 0 fully saturated rings. The molecule has 0 amide bonds. The molecule has 0 aliphatic carbocycles. The molecule has 0 saturated heterocycles. The Morgan fingerprint density at radius 1 is 0.560 bits per heavy atom. The number of hydrogen-bond donors (Lipinski definition) is 0. The van der Waals surface area contributed by atoms with Crippen molar-refractivity contribution in [2.75, 3.05) is 13.7 Å². The summed E-state index contributed by atoms with van der Waals surface area (Å²) in [6.07, 6.45) is 27.8. The predicted molar refractivity (Wildman–Crippen MR) is 113 cm³/mol. The van der Waals surface area contributed by atoms with E-state index in [1.165, 1.54) is 84.2 Å². The van der Waals surface area contributed by atoms with Gasteiger partial charge in [0.2, 0.25) is 0 Å². The molecule has 0 bridgehead atoms. The molecule has 0 aromatic heterocycles. The van der Waals surface area contributed by atoms with Crippen LogP contribution in [0, 0.1) is 0 Å². The van der Waals surface area contributed by atoms with Crippen molar-refractivity contribution in [3.8, 4) is 0 Å². The molecule has 0 aliphatic heterocycles. The topological polar surface area (TPSA) is 18.5 Å². The van der Waals surface area contributed by atoms with Gasteiger partial charge >= 0.3 is 0 Å². The average Bonchev–Trinajstić information content (AvgIpc) is 2.63. The molecule has 0 aromatic carbocycles. The zero-order chi connectivity index (χ0) is 18.8. The van der Waals surface area contributed by atoms with Gasteiger partial charge < -0.3 is 0 Å². The van der Waals surface area contributed by atoms with Gasteiger partial charge in [-0.1, -0.05) is 90.0 Å². The van der Waals surface area contributed by atoms with Crippen molar-refractivity contribution in [1.82, 2.24) is 0 Å². The fraction of sp³-hybridized carbons (Fsp3) is 0.826. The SMILES string of the molecule is CC/C=C/CCCCCCCC/C=C/CCCC.CCCCOOC. The monoisotopic (exact) mass is 354 g/mol. The largest absolute Gasteiger partial charge is 0.240 e. The molecule has 2 heteroatoms. The third-order valence-corrected chi connectivity index (χ3v) is 3.98. The molecular weight excluding hydrogens is 308 g/mol. The molecule has 25 heavy (non-hydrogen) atoms. The third kappa shape index (κ3) is 31.7. The summed E-state index contributed by atoms with van der Waals surface area (Å²) in [5.41, 5.74) is 0. The van der Waals surface area contributed by atoms with Crippen LogP contribution in [0.1, 0.15) is 111 Å². The predicted octanol–water partition coefficient (Wildman–Crippen LogP) is 8.18. The summed E-state index contributed by atoms with van der Waals surface area (Å²) in [6, 6.07) is 0. The first kappa shape index (κ1) is 26.6. The fourth-order valence-corrected chi connectivity index (χ4v) is 2.36. The highest BCUT2D eigenvalue weighted by Crippen LogP contribution is 2.09. The number of rotatable bonds is 17. The first-order valence-electron chi connectivity index (χ1n) is 10.8. The highest BCUT2D eigenvalue weighted by Gasteiger charge is 1.90. The fourth-order valence-electron chi connectivity index (χ4n) is 2.36. The van der Waals surface area contributed by atoms with Crippen LogP contribution in [0.15, 0.2) is 24.3 Å². The minimum absolute atomic E-state index is 0.715. The second-order valence-electron chi connectivity index (χ2n) is 6.53. The molecule has 150 valence electrons. The zero-order valence-corrected chi connectivity index (χ0v) is 17.7. The highest BCUT2D eigenvalue weighted by molar-refractivity contribution is 4.81. The molecule has 0 spiro atoms. The van der Waals surface area contributed by atoms with Gasteiger partial charge in [-0.15, -0.1) is 0 Å². The van der Waals surface area contributed by atoms with Crippen molar-refractivity contribution >= 4 is 0 Å². The molecule has 0 rings (SSSR count). The van der Waals surface area contributed by atoms with E-state index in [1.807, 2.05) is 0 Å². The molecule has 0 unspecified atom stereocenters. The van der Waals surface area contributed by atoms with Crippen LogP contribution in [0.2, 0.25) is 0 Å². The maximum absolute atomic E-state index is 4.57. The third-order valence-electron chi connectivity index (χ3n) is 3.98. The van der Waals surface area contributed by atoms with Crippen molar-refractivity contribution < 1.29 is 9.78 Å². The quantitative estimate of drug-likeness (QED) is 0.113. The highest BCUT2D eigenvalue weighted by atomic mass is 17.2. The van der Waals surface area contributed by atoms with Gasteiger partial charge in [-0.2, -0.15) is 0 Å². The molecule has 0 N–H and O–H groups in total. The van der Waals surface area contributed by atoms with E-state index in [2.05, 4.69) is 54.9 Å². The van der Waals surface area contributed by atoms with E-state index in [4.69, 9.17) is 0 Å². The van der Waals surface area contributed by atoms with Gasteiger partial charge in [0.05, 0.1) is 13.7 Å². The molecule has 0 aromatic rings. The van der Waals surface area contributed by atoms with E-state index in [9.17, 15) is 0 Å². The van der Waals surface area contributed by atoms with Crippen molar-refractivity contribution in [3.05, 3.63) is 24.3 Å². The number of allylic oxidation sites excluding steroid dienone is 4. The van der Waals surface area contributed by atoms with Gasteiger partial charge in [-0.3, -0.25) is 0 Å². The Morgan fingerprint density at radius 2 is 1.04 bits per heavy atom. The first-order valence-corrected chi connectivity index (χ1v) is 10.8. The summed E-state index contributed by atoms with van der Waals surface area (Å²) < 4.78 is 0. The lowest BCUT2D eigenvalue weighted by Gasteiger charge is -1.99. The summed E-state index contributed by atoms with van der Waals surface area (Å²) in [4.78, 5) is 8.92. The zero-order valence-electron chi connectivity index (χ0n) is 17.7. The molecule has 0 atom stereocenters. The van der Waals surface area contributed by atoms with Gasteiger partial charge in [0.25, 0.3) is 0 Å². The van der Waals surface area contributed by atoms with Crippen LogP contribution >= 0.6 is 0 Å². The number of hydrogen-bond acceptors (Lipinski definition) is 2. The smallest absolute Gasteiger partial charge is 0.0822 e. The van der Waals surface area contributed by atoms with Crippen LogP contribution in [-0.4, -0.2) is 13.7 Å². The Bertz CT molecular complexity index is 255. The first-order chi connectivity index (χ1) is 12.3. The van der Waals surface area contributed by atoms with E-state index in [-0.39, 0.29) is 0 Å². The Hall–Kier alpha value is -0.600. The van der Waals surface area contributed by atoms with E-state index < -0.39 is 0 Å². The van der Waals surface area contributed by atoms with Gasteiger partial charge in [-0.05, 0) is 44.9 Å². The molecule has 0 aliphatic rings. The van der Waals surface area contributed by atoms with Crippen LogP contribution in [0.25, 0.3) is 0 Å². The minimum atomic E-state index is 0.715. The molecule has 0 radical (unpaired) electrons. The van der Waals surface area contributed by atoms with Crippen LogP contribution in [-0.2, 0) is 9.78 Å². The lowest BCUT2D eigenvalue weighted by atomic mass is 10.1. The number of unbranched alkanes of at least 4 members (excludes halogenated alkanes) is 10. The molecular formula is C23H46O2. The van der Waals surface area contributed by atoms with E-state index in [0.717, 1.165) is 12.8 Å². The Kier molecular flexibility index (Phi) is 30.0. The maximum Gasteiger partial charge on any atom is 0.0822 e. The summed E-state index contributed by atoms with van der Waals surface area (Å²) in [6.45, 7) is 7.28. The van der Waals surface area contributed by atoms with Crippen molar-refractivity contribution in [2.24, 2.45) is 0 Å². The molecule has 0 saturated carbocycles. The minimum Gasteiger partial charge on any atom is -0.240 e.